The first-order valence-electron chi connectivity index (χ1n) is 12.5. The van der Waals surface area contributed by atoms with Crippen molar-refractivity contribution in [2.45, 2.75) is 46.1 Å². The molecule has 0 aliphatic carbocycles. The number of carbonyl (C=O) groups excluding carboxylic acids is 2. The Morgan fingerprint density at radius 3 is 2.35 bits per heavy atom. The van der Waals surface area contributed by atoms with E-state index in [1.807, 2.05) is 56.3 Å². The highest BCUT2D eigenvalue weighted by Crippen LogP contribution is 2.34. The summed E-state index contributed by atoms with van der Waals surface area (Å²) < 4.78 is 0. The van der Waals surface area contributed by atoms with Crippen LogP contribution in [0.5, 0.6) is 0 Å². The molecule has 0 spiro atoms. The number of amides is 2. The molecule has 192 valence electrons. The van der Waals surface area contributed by atoms with Gasteiger partial charge in [0, 0.05) is 26.9 Å². The van der Waals surface area contributed by atoms with Gasteiger partial charge in [0.1, 0.15) is 12.6 Å². The van der Waals surface area contributed by atoms with Crippen LogP contribution in [0.4, 0.5) is 11.4 Å². The lowest BCUT2D eigenvalue weighted by atomic mass is 9.97. The van der Waals surface area contributed by atoms with Gasteiger partial charge in [0.05, 0.1) is 11.4 Å². The molecule has 5 nitrogen and oxygen atoms in total. The lowest BCUT2D eigenvalue weighted by Crippen LogP contribution is -2.44. The number of hydrogen-bond acceptors (Lipinski definition) is 3. The van der Waals surface area contributed by atoms with Crippen molar-refractivity contribution in [3.05, 3.63) is 93.5 Å². The second kappa shape index (κ2) is 11.5. The molecule has 3 aromatic carbocycles. The zero-order chi connectivity index (χ0) is 26.7. The van der Waals surface area contributed by atoms with Crippen LogP contribution in [0.15, 0.2) is 71.7 Å². The highest BCUT2D eigenvalue weighted by atomic mass is 35.5. The Morgan fingerprint density at radius 2 is 1.70 bits per heavy atom. The van der Waals surface area contributed by atoms with Crippen molar-refractivity contribution in [2.75, 3.05) is 16.8 Å². The maximum absolute atomic E-state index is 13.9. The molecule has 0 saturated heterocycles. The van der Waals surface area contributed by atoms with E-state index in [2.05, 4.69) is 19.2 Å². The molecule has 1 N–H and O–H groups in total. The van der Waals surface area contributed by atoms with Gasteiger partial charge in [-0.1, -0.05) is 87.6 Å². The summed E-state index contributed by atoms with van der Waals surface area (Å²) in [4.78, 5) is 33.6. The molecule has 1 aliphatic heterocycles. The number of rotatable bonds is 7. The summed E-state index contributed by atoms with van der Waals surface area (Å²) >= 11 is 13.0. The van der Waals surface area contributed by atoms with Crippen LogP contribution < -0.4 is 10.2 Å². The van der Waals surface area contributed by atoms with Crippen LogP contribution in [0.25, 0.3) is 0 Å². The van der Waals surface area contributed by atoms with Crippen LogP contribution in [0.2, 0.25) is 10.0 Å². The smallest absolute Gasteiger partial charge is 0.252 e. The number of nitrogens with one attached hydrogen (secondary N) is 1. The number of nitrogens with zero attached hydrogens (tertiary/aromatic N) is 2. The van der Waals surface area contributed by atoms with Gasteiger partial charge in [-0.25, -0.2) is 0 Å². The molecule has 0 unspecified atom stereocenters. The minimum atomic E-state index is -0.680. The first-order chi connectivity index (χ1) is 17.7. The van der Waals surface area contributed by atoms with Crippen molar-refractivity contribution in [2.24, 2.45) is 10.9 Å². The van der Waals surface area contributed by atoms with Crippen LogP contribution in [-0.2, 0) is 9.59 Å². The fraction of sp³-hybridized carbons (Fsp3) is 0.300. The number of carbonyl (C=O) groups is 2. The predicted octanol–water partition coefficient (Wildman–Crippen LogP) is 7.35. The van der Waals surface area contributed by atoms with Crippen LogP contribution in [0.3, 0.4) is 0 Å². The fourth-order valence-electron chi connectivity index (χ4n) is 4.40. The van der Waals surface area contributed by atoms with E-state index in [4.69, 9.17) is 28.2 Å². The number of anilines is 2. The quantitative estimate of drug-likeness (QED) is 0.343. The largest absolute Gasteiger partial charge is 0.325 e. The van der Waals surface area contributed by atoms with Crippen molar-refractivity contribution in [3.63, 3.8) is 0 Å². The molecular weight excluding hydrogens is 505 g/mol. The summed E-state index contributed by atoms with van der Waals surface area (Å²) in [7, 11) is 0. The molecule has 37 heavy (non-hydrogen) atoms. The maximum atomic E-state index is 13.9. The SMILES string of the molecule is CC[C@@H](C)[C@H]1N=C(c2ccccc2Cl)c2cc(Cl)ccc2N(CC(=O)Nc2ccc(C(C)C)cc2)C1=O. The Hall–Kier alpha value is -3.15. The van der Waals surface area contributed by atoms with E-state index >= 15 is 0 Å². The predicted molar refractivity (Wildman–Crippen MR) is 153 cm³/mol. The molecule has 2 amide bonds. The van der Waals surface area contributed by atoms with Gasteiger partial charge in [0.25, 0.3) is 5.91 Å². The Morgan fingerprint density at radius 1 is 1.00 bits per heavy atom. The molecule has 0 aromatic heterocycles. The molecule has 3 aromatic rings. The summed E-state index contributed by atoms with van der Waals surface area (Å²) in [5.41, 5.74) is 4.41. The molecule has 0 radical (unpaired) electrons. The van der Waals surface area contributed by atoms with Crippen LogP contribution >= 0.6 is 23.2 Å². The molecule has 7 heteroatoms. The second-order valence-electron chi connectivity index (χ2n) is 9.70. The maximum Gasteiger partial charge on any atom is 0.252 e. The van der Waals surface area contributed by atoms with Crippen LogP contribution in [0, 0.1) is 5.92 Å². The van der Waals surface area contributed by atoms with Gasteiger partial charge < -0.3 is 10.2 Å². The summed E-state index contributed by atoms with van der Waals surface area (Å²) in [5.74, 6) is -0.183. The van der Waals surface area contributed by atoms with E-state index in [0.29, 0.717) is 44.2 Å². The third-order valence-electron chi connectivity index (χ3n) is 6.77. The van der Waals surface area contributed by atoms with Gasteiger partial charge in [-0.3, -0.25) is 14.6 Å². The first-order valence-corrected chi connectivity index (χ1v) is 13.3. The van der Waals surface area contributed by atoms with E-state index in [1.54, 1.807) is 24.3 Å². The second-order valence-corrected chi connectivity index (χ2v) is 10.5. The Labute approximate surface area is 228 Å². The molecule has 2 atom stereocenters. The minimum absolute atomic E-state index is 0.0519. The van der Waals surface area contributed by atoms with Crippen molar-refractivity contribution in [3.8, 4) is 0 Å². The van der Waals surface area contributed by atoms with E-state index in [-0.39, 0.29) is 24.3 Å². The van der Waals surface area contributed by atoms with E-state index in [0.717, 1.165) is 6.42 Å². The third-order valence-corrected chi connectivity index (χ3v) is 7.33. The summed E-state index contributed by atoms with van der Waals surface area (Å²) in [6.45, 7) is 8.10. The van der Waals surface area contributed by atoms with Gasteiger partial charge >= 0.3 is 0 Å². The number of benzodiazepines with no additional fused rings is 1. The number of aliphatic imine (C=N–C) groups is 1. The van der Waals surface area contributed by atoms with Crippen LogP contribution in [-0.4, -0.2) is 30.1 Å². The number of hydrogen-bond donors (Lipinski definition) is 1. The summed E-state index contributed by atoms with van der Waals surface area (Å²) in [6.07, 6.45) is 0.745. The zero-order valence-corrected chi connectivity index (χ0v) is 23.0. The average molecular weight is 537 g/mol. The van der Waals surface area contributed by atoms with Crippen molar-refractivity contribution in [1.29, 1.82) is 0 Å². The van der Waals surface area contributed by atoms with Gasteiger partial charge in [-0.15, -0.1) is 0 Å². The fourth-order valence-corrected chi connectivity index (χ4v) is 4.79. The van der Waals surface area contributed by atoms with Gasteiger partial charge in [0.15, 0.2) is 0 Å². The Balaban J connectivity index is 1.75. The van der Waals surface area contributed by atoms with Crippen molar-refractivity contribution < 1.29 is 9.59 Å². The molecule has 1 aliphatic rings. The zero-order valence-electron chi connectivity index (χ0n) is 21.5. The Bertz CT molecular complexity index is 1330. The highest BCUT2D eigenvalue weighted by molar-refractivity contribution is 6.37. The third kappa shape index (κ3) is 5.89. The van der Waals surface area contributed by atoms with Crippen molar-refractivity contribution >= 4 is 52.1 Å². The monoisotopic (exact) mass is 535 g/mol. The number of benzene rings is 3. The van der Waals surface area contributed by atoms with Crippen LogP contribution in [0.1, 0.15) is 56.7 Å². The van der Waals surface area contributed by atoms with E-state index in [9.17, 15) is 9.59 Å². The average Bonchev–Trinajstić information content (AvgIpc) is 2.99. The standard InChI is InChI=1S/C30H31Cl2N3O2/c1-5-19(4)28-30(37)35(17-27(36)33-22-13-10-20(11-14-22)18(2)3)26-15-12-21(31)16-24(26)29(34-28)23-8-6-7-9-25(23)32/h6-16,18-19,28H,5,17H2,1-4H3,(H,33,36)/t19-,28-/m1/s1. The highest BCUT2D eigenvalue weighted by Gasteiger charge is 2.36. The summed E-state index contributed by atoms with van der Waals surface area (Å²) in [5, 5.41) is 3.96. The first kappa shape index (κ1) is 26.9. The molecular formula is C30H31Cl2N3O2. The van der Waals surface area contributed by atoms with Gasteiger partial charge in [-0.05, 0) is 53.8 Å². The molecule has 0 bridgehead atoms. The van der Waals surface area contributed by atoms with Gasteiger partial charge in [-0.2, -0.15) is 0 Å². The normalized spacial score (nSPS) is 16.2. The minimum Gasteiger partial charge on any atom is -0.325 e. The Kier molecular flexibility index (Phi) is 8.35. The van der Waals surface area contributed by atoms with E-state index in [1.165, 1.54) is 10.5 Å². The molecule has 4 rings (SSSR count). The van der Waals surface area contributed by atoms with E-state index < -0.39 is 6.04 Å². The van der Waals surface area contributed by atoms with Crippen molar-refractivity contribution in [1.82, 2.24) is 0 Å². The summed E-state index contributed by atoms with van der Waals surface area (Å²) in [6, 6.07) is 19.8. The molecule has 0 saturated carbocycles. The number of halogens is 2. The topological polar surface area (TPSA) is 61.8 Å². The lowest BCUT2D eigenvalue weighted by molar-refractivity contribution is -0.123. The molecule has 1 heterocycles. The molecule has 0 fully saturated rings. The lowest BCUT2D eigenvalue weighted by Gasteiger charge is -2.26. The van der Waals surface area contributed by atoms with Gasteiger partial charge in [0.2, 0.25) is 5.91 Å². The number of fused-ring (bicyclic) bond motifs is 1.